The van der Waals surface area contributed by atoms with E-state index in [0.717, 1.165) is 30.8 Å². The van der Waals surface area contributed by atoms with E-state index in [0.29, 0.717) is 5.92 Å². The first-order valence-electron chi connectivity index (χ1n) is 7.99. The molecule has 2 heterocycles. The highest BCUT2D eigenvalue weighted by atomic mass is 16.1. The Morgan fingerprint density at radius 3 is 3.05 bits per heavy atom. The van der Waals surface area contributed by atoms with Gasteiger partial charge in [-0.25, -0.2) is 0 Å². The second kappa shape index (κ2) is 6.34. The second-order valence-corrected chi connectivity index (χ2v) is 6.19. The summed E-state index contributed by atoms with van der Waals surface area (Å²) < 4.78 is 0. The van der Waals surface area contributed by atoms with Gasteiger partial charge in [0.15, 0.2) is 0 Å². The van der Waals surface area contributed by atoms with Crippen molar-refractivity contribution in [2.24, 2.45) is 5.92 Å². The van der Waals surface area contributed by atoms with Gasteiger partial charge in [-0.3, -0.25) is 9.78 Å². The monoisotopic (exact) mass is 297 g/mol. The summed E-state index contributed by atoms with van der Waals surface area (Å²) in [7, 11) is 0. The summed E-state index contributed by atoms with van der Waals surface area (Å²) in [6, 6.07) is 10.5. The third-order valence-corrected chi connectivity index (χ3v) is 4.32. The number of hydrogen-bond acceptors (Lipinski definition) is 3. The summed E-state index contributed by atoms with van der Waals surface area (Å²) in [5.41, 5.74) is 3.38. The predicted molar refractivity (Wildman–Crippen MR) is 90.1 cm³/mol. The maximum Gasteiger partial charge on any atom is 0.216 e. The Balaban J connectivity index is 1.85. The molecule has 0 saturated carbocycles. The molecule has 4 heteroatoms. The molecular formula is C18H23N3O. The van der Waals surface area contributed by atoms with Gasteiger partial charge in [0.1, 0.15) is 0 Å². The van der Waals surface area contributed by atoms with Crippen molar-refractivity contribution in [3.05, 3.63) is 36.0 Å². The molecule has 3 rings (SSSR count). The van der Waals surface area contributed by atoms with E-state index in [1.165, 1.54) is 23.9 Å². The Labute approximate surface area is 131 Å². The van der Waals surface area contributed by atoms with Gasteiger partial charge >= 0.3 is 0 Å². The number of nitrogens with zero attached hydrogens (tertiary/aromatic N) is 2. The topological polar surface area (TPSA) is 45.2 Å². The predicted octanol–water partition coefficient (Wildman–Crippen LogP) is 2.90. The van der Waals surface area contributed by atoms with E-state index in [1.807, 2.05) is 6.07 Å². The zero-order chi connectivity index (χ0) is 15.5. The van der Waals surface area contributed by atoms with Crippen molar-refractivity contribution < 1.29 is 4.79 Å². The molecule has 1 fully saturated rings. The number of aryl methyl sites for hydroxylation is 1. The van der Waals surface area contributed by atoms with E-state index in [9.17, 15) is 4.79 Å². The highest BCUT2D eigenvalue weighted by molar-refractivity contribution is 5.92. The molecule has 1 aromatic carbocycles. The fraction of sp³-hybridized carbons (Fsp3) is 0.444. The van der Waals surface area contributed by atoms with Crippen LogP contribution in [0.3, 0.4) is 0 Å². The number of amides is 1. The van der Waals surface area contributed by atoms with E-state index in [1.54, 1.807) is 6.92 Å². The van der Waals surface area contributed by atoms with Crippen molar-refractivity contribution >= 4 is 22.5 Å². The molecule has 0 spiro atoms. The first-order valence-corrected chi connectivity index (χ1v) is 7.99. The molecule has 1 aromatic heterocycles. The standard InChI is InChI=1S/C18H23N3O/c1-13-10-18(16-7-3-4-8-17(16)20-13)21-9-5-6-15(12-21)11-19-14(2)22/h3-4,7-8,10,15H,5-6,9,11-12H2,1-2H3,(H,19,22). The van der Waals surface area contributed by atoms with E-state index >= 15 is 0 Å². The van der Waals surface area contributed by atoms with E-state index in [2.05, 4.69) is 46.4 Å². The van der Waals surface area contributed by atoms with Gasteiger partial charge in [-0.1, -0.05) is 18.2 Å². The highest BCUT2D eigenvalue weighted by Crippen LogP contribution is 2.30. The van der Waals surface area contributed by atoms with Crippen LogP contribution in [-0.4, -0.2) is 30.5 Å². The van der Waals surface area contributed by atoms with Crippen molar-refractivity contribution in [3.63, 3.8) is 0 Å². The van der Waals surface area contributed by atoms with Crippen LogP contribution in [0.15, 0.2) is 30.3 Å². The van der Waals surface area contributed by atoms with Crippen molar-refractivity contribution in [2.75, 3.05) is 24.5 Å². The number of anilines is 1. The largest absolute Gasteiger partial charge is 0.371 e. The fourth-order valence-corrected chi connectivity index (χ4v) is 3.29. The zero-order valence-electron chi connectivity index (χ0n) is 13.3. The zero-order valence-corrected chi connectivity index (χ0v) is 13.3. The van der Waals surface area contributed by atoms with Crippen LogP contribution in [0, 0.1) is 12.8 Å². The lowest BCUT2D eigenvalue weighted by atomic mass is 9.97. The maximum atomic E-state index is 11.1. The summed E-state index contributed by atoms with van der Waals surface area (Å²) >= 11 is 0. The Morgan fingerprint density at radius 1 is 1.41 bits per heavy atom. The second-order valence-electron chi connectivity index (χ2n) is 6.19. The summed E-state index contributed by atoms with van der Waals surface area (Å²) in [6.07, 6.45) is 2.35. The first kappa shape index (κ1) is 14.8. The van der Waals surface area contributed by atoms with Crippen LogP contribution in [0.1, 0.15) is 25.5 Å². The van der Waals surface area contributed by atoms with Gasteiger partial charge < -0.3 is 10.2 Å². The quantitative estimate of drug-likeness (QED) is 0.947. The molecular weight excluding hydrogens is 274 g/mol. The molecule has 1 atom stereocenters. The van der Waals surface area contributed by atoms with Crippen LogP contribution in [0.4, 0.5) is 5.69 Å². The van der Waals surface area contributed by atoms with Crippen LogP contribution < -0.4 is 10.2 Å². The molecule has 22 heavy (non-hydrogen) atoms. The molecule has 2 aromatic rings. The maximum absolute atomic E-state index is 11.1. The lowest BCUT2D eigenvalue weighted by Crippen LogP contribution is -2.40. The number of pyridine rings is 1. The van der Waals surface area contributed by atoms with E-state index in [-0.39, 0.29) is 5.91 Å². The number of benzene rings is 1. The Bertz CT molecular complexity index is 683. The average Bonchev–Trinajstić information content (AvgIpc) is 2.52. The van der Waals surface area contributed by atoms with Crippen LogP contribution >= 0.6 is 0 Å². The number of hydrogen-bond donors (Lipinski definition) is 1. The van der Waals surface area contributed by atoms with Crippen molar-refractivity contribution in [2.45, 2.75) is 26.7 Å². The van der Waals surface area contributed by atoms with E-state index < -0.39 is 0 Å². The van der Waals surface area contributed by atoms with Crippen LogP contribution in [0.25, 0.3) is 10.9 Å². The number of fused-ring (bicyclic) bond motifs is 1. The van der Waals surface area contributed by atoms with Crippen molar-refractivity contribution in [1.82, 2.24) is 10.3 Å². The number of rotatable bonds is 3. The molecule has 0 bridgehead atoms. The number of carbonyl (C=O) groups is 1. The van der Waals surface area contributed by atoms with Gasteiger partial charge in [-0.05, 0) is 37.8 Å². The molecule has 1 N–H and O–H groups in total. The number of carbonyl (C=O) groups excluding carboxylic acids is 1. The van der Waals surface area contributed by atoms with Gasteiger partial charge in [0, 0.05) is 43.3 Å². The van der Waals surface area contributed by atoms with Gasteiger partial charge in [0.05, 0.1) is 5.52 Å². The number of para-hydroxylation sites is 1. The Morgan fingerprint density at radius 2 is 2.23 bits per heavy atom. The normalized spacial score (nSPS) is 18.5. The number of piperidine rings is 1. The van der Waals surface area contributed by atoms with Gasteiger partial charge in [-0.2, -0.15) is 0 Å². The summed E-state index contributed by atoms with van der Waals surface area (Å²) in [5.74, 6) is 0.576. The summed E-state index contributed by atoms with van der Waals surface area (Å²) in [6.45, 7) is 6.47. The molecule has 116 valence electrons. The minimum absolute atomic E-state index is 0.0577. The molecule has 0 aliphatic carbocycles. The number of nitrogens with one attached hydrogen (secondary N) is 1. The summed E-state index contributed by atoms with van der Waals surface area (Å²) in [5, 5.41) is 4.17. The molecule has 1 aliphatic rings. The highest BCUT2D eigenvalue weighted by Gasteiger charge is 2.22. The minimum atomic E-state index is 0.0577. The van der Waals surface area contributed by atoms with Crippen molar-refractivity contribution in [3.8, 4) is 0 Å². The lowest BCUT2D eigenvalue weighted by molar-refractivity contribution is -0.119. The van der Waals surface area contributed by atoms with E-state index in [4.69, 9.17) is 0 Å². The van der Waals surface area contributed by atoms with Gasteiger partial charge in [-0.15, -0.1) is 0 Å². The first-order chi connectivity index (χ1) is 10.6. The minimum Gasteiger partial charge on any atom is -0.371 e. The third kappa shape index (κ3) is 3.21. The summed E-state index contributed by atoms with van der Waals surface area (Å²) in [4.78, 5) is 18.2. The molecule has 1 unspecified atom stereocenters. The third-order valence-electron chi connectivity index (χ3n) is 4.32. The molecule has 1 aliphatic heterocycles. The Kier molecular flexibility index (Phi) is 4.27. The lowest BCUT2D eigenvalue weighted by Gasteiger charge is -2.35. The Hall–Kier alpha value is -2.10. The molecule has 1 saturated heterocycles. The van der Waals surface area contributed by atoms with Gasteiger partial charge in [0.25, 0.3) is 0 Å². The van der Waals surface area contributed by atoms with Crippen molar-refractivity contribution in [1.29, 1.82) is 0 Å². The van der Waals surface area contributed by atoms with Crippen LogP contribution in [0.2, 0.25) is 0 Å². The molecule has 4 nitrogen and oxygen atoms in total. The molecule has 1 amide bonds. The number of aromatic nitrogens is 1. The average molecular weight is 297 g/mol. The SMILES string of the molecule is CC(=O)NCC1CCCN(c2cc(C)nc3ccccc23)C1. The van der Waals surface area contributed by atoms with Crippen LogP contribution in [-0.2, 0) is 4.79 Å². The molecule has 0 radical (unpaired) electrons. The fourth-order valence-electron chi connectivity index (χ4n) is 3.29. The van der Waals surface area contributed by atoms with Crippen LogP contribution in [0.5, 0.6) is 0 Å². The smallest absolute Gasteiger partial charge is 0.216 e. The van der Waals surface area contributed by atoms with Gasteiger partial charge in [0.2, 0.25) is 5.91 Å².